The standard InChI is InChI=1S/C12H17NO/c1-8-6-11(7-9(2)14)10(3)13(8)12-4-5-12/h6,12H,4-5,7H2,1-3H3. The van der Waals surface area contributed by atoms with Gasteiger partial charge in [-0.05, 0) is 45.2 Å². The van der Waals surface area contributed by atoms with Gasteiger partial charge in [-0.1, -0.05) is 0 Å². The van der Waals surface area contributed by atoms with E-state index >= 15 is 0 Å². The van der Waals surface area contributed by atoms with Crippen molar-refractivity contribution in [2.45, 2.75) is 46.1 Å². The highest BCUT2D eigenvalue weighted by molar-refractivity contribution is 5.78. The van der Waals surface area contributed by atoms with Gasteiger partial charge in [0, 0.05) is 23.9 Å². The van der Waals surface area contributed by atoms with Crippen LogP contribution in [0.15, 0.2) is 6.07 Å². The Bertz CT molecular complexity index is 372. The summed E-state index contributed by atoms with van der Waals surface area (Å²) in [5.74, 6) is 0.251. The number of aromatic nitrogens is 1. The molecule has 2 heteroatoms. The molecule has 0 amide bonds. The Balaban J connectivity index is 2.33. The molecular weight excluding hydrogens is 174 g/mol. The normalized spacial score (nSPS) is 15.9. The third-order valence-corrected chi connectivity index (χ3v) is 2.94. The van der Waals surface area contributed by atoms with Crippen molar-refractivity contribution in [2.75, 3.05) is 0 Å². The van der Waals surface area contributed by atoms with E-state index in [1.165, 1.54) is 29.8 Å². The molecule has 0 aliphatic heterocycles. The molecule has 1 aromatic heterocycles. The van der Waals surface area contributed by atoms with Crippen LogP contribution in [0.4, 0.5) is 0 Å². The van der Waals surface area contributed by atoms with Crippen molar-refractivity contribution in [2.24, 2.45) is 0 Å². The molecule has 2 rings (SSSR count). The Morgan fingerprint density at radius 1 is 1.50 bits per heavy atom. The van der Waals surface area contributed by atoms with E-state index in [0.717, 1.165) is 6.04 Å². The summed E-state index contributed by atoms with van der Waals surface area (Å²) in [6.45, 7) is 5.92. The molecule has 0 bridgehead atoms. The van der Waals surface area contributed by atoms with Crippen molar-refractivity contribution in [3.63, 3.8) is 0 Å². The molecule has 1 aromatic rings. The summed E-state index contributed by atoms with van der Waals surface area (Å²) in [5.41, 5.74) is 3.81. The number of carbonyl (C=O) groups excluding carboxylic acids is 1. The molecule has 2 nitrogen and oxygen atoms in total. The molecule has 0 aromatic carbocycles. The zero-order valence-electron chi connectivity index (χ0n) is 9.13. The number of aryl methyl sites for hydroxylation is 1. The lowest BCUT2D eigenvalue weighted by molar-refractivity contribution is -0.116. The fourth-order valence-corrected chi connectivity index (χ4v) is 2.19. The van der Waals surface area contributed by atoms with Crippen molar-refractivity contribution in [3.05, 3.63) is 23.0 Å². The highest BCUT2D eigenvalue weighted by atomic mass is 16.1. The predicted molar refractivity (Wildman–Crippen MR) is 56.6 cm³/mol. The number of carbonyl (C=O) groups is 1. The smallest absolute Gasteiger partial charge is 0.134 e. The van der Waals surface area contributed by atoms with E-state index in [2.05, 4.69) is 24.5 Å². The van der Waals surface area contributed by atoms with Crippen molar-refractivity contribution < 1.29 is 4.79 Å². The number of rotatable bonds is 3. The summed E-state index contributed by atoms with van der Waals surface area (Å²) in [6, 6.07) is 2.88. The largest absolute Gasteiger partial charge is 0.346 e. The van der Waals surface area contributed by atoms with Crippen LogP contribution in [-0.4, -0.2) is 10.4 Å². The van der Waals surface area contributed by atoms with Gasteiger partial charge in [0.2, 0.25) is 0 Å². The van der Waals surface area contributed by atoms with Gasteiger partial charge >= 0.3 is 0 Å². The first-order chi connectivity index (χ1) is 6.59. The molecule has 0 spiro atoms. The van der Waals surface area contributed by atoms with E-state index in [-0.39, 0.29) is 5.78 Å². The first-order valence-electron chi connectivity index (χ1n) is 5.26. The summed E-state index contributed by atoms with van der Waals surface area (Å²) >= 11 is 0. The number of hydrogen-bond acceptors (Lipinski definition) is 1. The Morgan fingerprint density at radius 3 is 2.64 bits per heavy atom. The molecule has 0 atom stereocenters. The topological polar surface area (TPSA) is 22.0 Å². The van der Waals surface area contributed by atoms with E-state index < -0.39 is 0 Å². The maximum atomic E-state index is 11.1. The monoisotopic (exact) mass is 191 g/mol. The molecule has 0 saturated heterocycles. The van der Waals surface area contributed by atoms with Crippen LogP contribution in [-0.2, 0) is 11.2 Å². The average molecular weight is 191 g/mol. The van der Waals surface area contributed by atoms with Crippen molar-refractivity contribution in [3.8, 4) is 0 Å². The van der Waals surface area contributed by atoms with Crippen LogP contribution >= 0.6 is 0 Å². The SMILES string of the molecule is CC(=O)Cc1cc(C)n(C2CC2)c1C. The third-order valence-electron chi connectivity index (χ3n) is 2.94. The van der Waals surface area contributed by atoms with Gasteiger partial charge in [0.1, 0.15) is 5.78 Å². The van der Waals surface area contributed by atoms with Gasteiger partial charge in [-0.25, -0.2) is 0 Å². The summed E-state index contributed by atoms with van der Waals surface area (Å²) in [4.78, 5) is 11.1. The van der Waals surface area contributed by atoms with Crippen LogP contribution in [0.5, 0.6) is 0 Å². The minimum Gasteiger partial charge on any atom is -0.346 e. The Morgan fingerprint density at radius 2 is 2.14 bits per heavy atom. The second kappa shape index (κ2) is 3.26. The van der Waals surface area contributed by atoms with Gasteiger partial charge in [0.25, 0.3) is 0 Å². The van der Waals surface area contributed by atoms with Crippen LogP contribution in [0.2, 0.25) is 0 Å². The van der Waals surface area contributed by atoms with Crippen molar-refractivity contribution in [1.82, 2.24) is 4.57 Å². The molecule has 1 heterocycles. The summed E-state index contributed by atoms with van der Waals surface area (Å²) in [6.07, 6.45) is 3.19. The number of hydrogen-bond donors (Lipinski definition) is 0. The second-order valence-corrected chi connectivity index (χ2v) is 4.38. The molecule has 1 fully saturated rings. The molecule has 1 aliphatic rings. The maximum Gasteiger partial charge on any atom is 0.134 e. The molecule has 0 N–H and O–H groups in total. The molecule has 0 radical (unpaired) electrons. The molecule has 76 valence electrons. The van der Waals surface area contributed by atoms with Crippen molar-refractivity contribution in [1.29, 1.82) is 0 Å². The lowest BCUT2D eigenvalue weighted by Gasteiger charge is -2.07. The van der Waals surface area contributed by atoms with Gasteiger partial charge in [-0.2, -0.15) is 0 Å². The van der Waals surface area contributed by atoms with Gasteiger partial charge < -0.3 is 4.57 Å². The van der Waals surface area contributed by atoms with E-state index in [0.29, 0.717) is 6.42 Å². The van der Waals surface area contributed by atoms with Crippen LogP contribution in [0.25, 0.3) is 0 Å². The van der Waals surface area contributed by atoms with Crippen LogP contribution in [0.3, 0.4) is 0 Å². The Labute approximate surface area is 84.9 Å². The second-order valence-electron chi connectivity index (χ2n) is 4.38. The average Bonchev–Trinajstić information content (AvgIpc) is 2.82. The third kappa shape index (κ3) is 1.61. The first kappa shape index (κ1) is 9.50. The van der Waals surface area contributed by atoms with E-state index in [9.17, 15) is 4.79 Å². The quantitative estimate of drug-likeness (QED) is 0.719. The highest BCUT2D eigenvalue weighted by Crippen LogP contribution is 2.38. The first-order valence-corrected chi connectivity index (χ1v) is 5.26. The molecule has 14 heavy (non-hydrogen) atoms. The zero-order chi connectivity index (χ0) is 10.3. The minimum atomic E-state index is 0.251. The summed E-state index contributed by atoms with van der Waals surface area (Å²) in [5, 5.41) is 0. The van der Waals surface area contributed by atoms with E-state index in [1.807, 2.05) is 0 Å². The number of Topliss-reactive ketones (excluding diaryl/α,β-unsaturated/α-hetero) is 1. The lowest BCUT2D eigenvalue weighted by Crippen LogP contribution is -2.01. The predicted octanol–water partition coefficient (Wildman–Crippen LogP) is 2.57. The molecule has 1 saturated carbocycles. The number of ketones is 1. The zero-order valence-corrected chi connectivity index (χ0v) is 9.13. The lowest BCUT2D eigenvalue weighted by atomic mass is 10.1. The molecule has 1 aliphatic carbocycles. The Kier molecular flexibility index (Phi) is 2.22. The fourth-order valence-electron chi connectivity index (χ4n) is 2.19. The molecular formula is C12H17NO. The minimum absolute atomic E-state index is 0.251. The van der Waals surface area contributed by atoms with Crippen LogP contribution in [0.1, 0.15) is 42.8 Å². The van der Waals surface area contributed by atoms with E-state index in [1.54, 1.807) is 6.92 Å². The van der Waals surface area contributed by atoms with Gasteiger partial charge in [0.15, 0.2) is 0 Å². The maximum absolute atomic E-state index is 11.1. The van der Waals surface area contributed by atoms with E-state index in [4.69, 9.17) is 0 Å². The van der Waals surface area contributed by atoms with Gasteiger partial charge in [-0.15, -0.1) is 0 Å². The number of nitrogens with zero attached hydrogens (tertiary/aromatic N) is 1. The van der Waals surface area contributed by atoms with Crippen molar-refractivity contribution >= 4 is 5.78 Å². The van der Waals surface area contributed by atoms with Crippen LogP contribution < -0.4 is 0 Å². The van der Waals surface area contributed by atoms with Gasteiger partial charge in [0.05, 0.1) is 0 Å². The molecule has 0 unspecified atom stereocenters. The highest BCUT2D eigenvalue weighted by Gasteiger charge is 2.26. The summed E-state index contributed by atoms with van der Waals surface area (Å²) < 4.78 is 2.39. The van der Waals surface area contributed by atoms with Crippen LogP contribution in [0, 0.1) is 13.8 Å². The Hall–Kier alpha value is -1.05. The van der Waals surface area contributed by atoms with Gasteiger partial charge in [-0.3, -0.25) is 4.79 Å². The summed E-state index contributed by atoms with van der Waals surface area (Å²) in [7, 11) is 0. The fraction of sp³-hybridized carbons (Fsp3) is 0.583.